The van der Waals surface area contributed by atoms with Gasteiger partial charge in [0.05, 0.1) is 22.8 Å². The van der Waals surface area contributed by atoms with E-state index in [0.717, 1.165) is 45.0 Å². The van der Waals surface area contributed by atoms with Crippen LogP contribution < -0.4 is 10.6 Å². The summed E-state index contributed by atoms with van der Waals surface area (Å²) in [5, 5.41) is 6.05. The third-order valence-electron chi connectivity index (χ3n) is 7.85. The maximum atomic E-state index is 13.4. The molecule has 2 aromatic heterocycles. The van der Waals surface area contributed by atoms with Gasteiger partial charge in [-0.2, -0.15) is 0 Å². The van der Waals surface area contributed by atoms with Crippen molar-refractivity contribution in [2.45, 2.75) is 0 Å². The molecule has 0 aliphatic heterocycles. The summed E-state index contributed by atoms with van der Waals surface area (Å²) in [7, 11) is 0. The molecule has 7 rings (SSSR count). The van der Waals surface area contributed by atoms with Crippen LogP contribution in [-0.2, 0) is 0 Å². The zero-order valence-corrected chi connectivity index (χ0v) is 25.9. The van der Waals surface area contributed by atoms with E-state index in [1.54, 1.807) is 24.3 Å². The Morgan fingerprint density at radius 1 is 0.354 bits per heavy atom. The van der Waals surface area contributed by atoms with Crippen molar-refractivity contribution in [3.63, 3.8) is 0 Å². The molecular weight excluding hydrogens is 592 g/mol. The minimum atomic E-state index is -0.291. The number of benzene rings is 5. The van der Waals surface area contributed by atoms with Crippen molar-refractivity contribution < 1.29 is 9.59 Å². The minimum Gasteiger partial charge on any atom is -0.322 e. The molecule has 2 N–H and O–H groups in total. The molecule has 0 spiro atoms. The molecule has 0 radical (unpaired) electrons. The summed E-state index contributed by atoms with van der Waals surface area (Å²) in [6.07, 6.45) is 0. The fraction of sp³-hybridized carbons (Fsp3) is 0. The number of pyridine rings is 2. The van der Waals surface area contributed by atoms with Crippen LogP contribution in [0.4, 0.5) is 11.4 Å². The van der Waals surface area contributed by atoms with Gasteiger partial charge in [-0.05, 0) is 48.5 Å². The van der Waals surface area contributed by atoms with Gasteiger partial charge >= 0.3 is 0 Å². The maximum absolute atomic E-state index is 13.4. The molecule has 6 nitrogen and oxygen atoms in total. The van der Waals surface area contributed by atoms with E-state index in [4.69, 9.17) is 9.97 Å². The quantitative estimate of drug-likeness (QED) is 0.177. The average molecular weight is 623 g/mol. The average Bonchev–Trinajstić information content (AvgIpc) is 3.16. The lowest BCUT2D eigenvalue weighted by Gasteiger charge is -2.12. The normalized spacial score (nSPS) is 10.7. The molecule has 5 aromatic carbocycles. The smallest absolute Gasteiger partial charge is 0.255 e. The van der Waals surface area contributed by atoms with Gasteiger partial charge in [-0.1, -0.05) is 121 Å². The zero-order chi connectivity index (χ0) is 32.7. The number of anilines is 2. The minimum absolute atomic E-state index is 0.291. The van der Waals surface area contributed by atoms with Gasteiger partial charge in [-0.15, -0.1) is 0 Å². The summed E-state index contributed by atoms with van der Waals surface area (Å²) in [4.78, 5) is 36.5. The molecule has 230 valence electrons. The fourth-order valence-electron chi connectivity index (χ4n) is 5.41. The number of carbonyl (C=O) groups is 2. The van der Waals surface area contributed by atoms with Gasteiger partial charge < -0.3 is 10.6 Å². The third kappa shape index (κ3) is 6.93. The van der Waals surface area contributed by atoms with Crippen molar-refractivity contribution in [3.8, 4) is 45.0 Å². The van der Waals surface area contributed by atoms with Gasteiger partial charge in [-0.3, -0.25) is 9.59 Å². The lowest BCUT2D eigenvalue weighted by molar-refractivity contribution is 0.101. The van der Waals surface area contributed by atoms with Crippen molar-refractivity contribution >= 4 is 23.2 Å². The SMILES string of the molecule is O=C(Nc1cc(-c2ccccc2)nc(-c2ccccc2)c1)c1ccc(C(=O)Nc2cc(-c3ccccc3)nc(-c3ccccc3)c2)cc1. The molecule has 48 heavy (non-hydrogen) atoms. The van der Waals surface area contributed by atoms with E-state index in [1.807, 2.05) is 146 Å². The van der Waals surface area contributed by atoms with Gasteiger partial charge in [0, 0.05) is 44.8 Å². The van der Waals surface area contributed by atoms with Crippen LogP contribution in [0.2, 0.25) is 0 Å². The number of nitrogens with one attached hydrogen (secondary N) is 2. The molecule has 0 bridgehead atoms. The second-order valence-corrected chi connectivity index (χ2v) is 11.2. The molecule has 0 atom stereocenters. The molecule has 2 heterocycles. The van der Waals surface area contributed by atoms with Crippen molar-refractivity contribution in [2.24, 2.45) is 0 Å². The Morgan fingerprint density at radius 3 is 0.854 bits per heavy atom. The van der Waals surface area contributed by atoms with Gasteiger partial charge in [0.15, 0.2) is 0 Å². The van der Waals surface area contributed by atoms with Crippen LogP contribution in [0, 0.1) is 0 Å². The summed E-state index contributed by atoms with van der Waals surface area (Å²) in [6.45, 7) is 0. The molecule has 0 saturated heterocycles. The predicted octanol–water partition coefficient (Wildman–Crippen LogP) is 9.65. The predicted molar refractivity (Wildman–Crippen MR) is 193 cm³/mol. The Hall–Kier alpha value is -6.66. The second kappa shape index (κ2) is 13.8. The molecule has 6 heteroatoms. The zero-order valence-electron chi connectivity index (χ0n) is 25.9. The number of hydrogen-bond acceptors (Lipinski definition) is 4. The van der Waals surface area contributed by atoms with E-state index >= 15 is 0 Å². The summed E-state index contributed by atoms with van der Waals surface area (Å²) < 4.78 is 0. The van der Waals surface area contributed by atoms with Crippen LogP contribution in [-0.4, -0.2) is 21.8 Å². The van der Waals surface area contributed by atoms with Gasteiger partial charge in [0.25, 0.3) is 11.8 Å². The van der Waals surface area contributed by atoms with E-state index in [0.29, 0.717) is 22.5 Å². The first-order chi connectivity index (χ1) is 23.6. The highest BCUT2D eigenvalue weighted by molar-refractivity contribution is 6.07. The second-order valence-electron chi connectivity index (χ2n) is 11.2. The molecule has 0 aliphatic carbocycles. The van der Waals surface area contributed by atoms with E-state index in [9.17, 15) is 9.59 Å². The number of amides is 2. The summed E-state index contributed by atoms with van der Waals surface area (Å²) in [5.41, 5.74) is 8.88. The first-order valence-corrected chi connectivity index (χ1v) is 15.6. The molecule has 0 fully saturated rings. The number of aromatic nitrogens is 2. The summed E-state index contributed by atoms with van der Waals surface area (Å²) in [6, 6.07) is 53.5. The monoisotopic (exact) mass is 622 g/mol. The Morgan fingerprint density at radius 2 is 0.604 bits per heavy atom. The first-order valence-electron chi connectivity index (χ1n) is 15.6. The molecule has 0 aliphatic rings. The molecule has 0 unspecified atom stereocenters. The maximum Gasteiger partial charge on any atom is 0.255 e. The van der Waals surface area contributed by atoms with Crippen LogP contribution in [0.5, 0.6) is 0 Å². The van der Waals surface area contributed by atoms with Crippen LogP contribution in [0.1, 0.15) is 20.7 Å². The van der Waals surface area contributed by atoms with E-state index in [2.05, 4.69) is 10.6 Å². The molecule has 2 amide bonds. The lowest BCUT2D eigenvalue weighted by atomic mass is 10.1. The van der Waals surface area contributed by atoms with Crippen LogP contribution in [0.3, 0.4) is 0 Å². The number of carbonyl (C=O) groups excluding carboxylic acids is 2. The highest BCUT2D eigenvalue weighted by atomic mass is 16.2. The van der Waals surface area contributed by atoms with E-state index < -0.39 is 0 Å². The number of hydrogen-bond donors (Lipinski definition) is 2. The number of rotatable bonds is 8. The van der Waals surface area contributed by atoms with Crippen molar-refractivity contribution in [1.82, 2.24) is 9.97 Å². The number of nitrogens with zero attached hydrogens (tertiary/aromatic N) is 2. The lowest BCUT2D eigenvalue weighted by Crippen LogP contribution is -2.15. The molecule has 0 saturated carbocycles. The Balaban J connectivity index is 1.11. The van der Waals surface area contributed by atoms with Crippen LogP contribution >= 0.6 is 0 Å². The Kier molecular flexibility index (Phi) is 8.61. The summed E-state index contributed by atoms with van der Waals surface area (Å²) in [5.74, 6) is -0.583. The van der Waals surface area contributed by atoms with Crippen molar-refractivity contribution in [3.05, 3.63) is 181 Å². The summed E-state index contributed by atoms with van der Waals surface area (Å²) >= 11 is 0. The highest BCUT2D eigenvalue weighted by Gasteiger charge is 2.14. The topological polar surface area (TPSA) is 84.0 Å². The van der Waals surface area contributed by atoms with E-state index in [-0.39, 0.29) is 11.8 Å². The van der Waals surface area contributed by atoms with Crippen LogP contribution in [0.15, 0.2) is 170 Å². The molecular formula is C42H30N4O2. The fourth-order valence-corrected chi connectivity index (χ4v) is 5.41. The highest BCUT2D eigenvalue weighted by Crippen LogP contribution is 2.29. The first kappa shape index (κ1) is 30.0. The molecule has 7 aromatic rings. The third-order valence-corrected chi connectivity index (χ3v) is 7.85. The van der Waals surface area contributed by atoms with Gasteiger partial charge in [-0.25, -0.2) is 9.97 Å². The van der Waals surface area contributed by atoms with Gasteiger partial charge in [0.1, 0.15) is 0 Å². The van der Waals surface area contributed by atoms with E-state index in [1.165, 1.54) is 0 Å². The Labute approximate surface area is 278 Å². The Bertz CT molecular complexity index is 1910. The largest absolute Gasteiger partial charge is 0.322 e. The van der Waals surface area contributed by atoms with Crippen LogP contribution in [0.25, 0.3) is 45.0 Å². The van der Waals surface area contributed by atoms with Crippen molar-refractivity contribution in [2.75, 3.05) is 10.6 Å². The standard InChI is InChI=1S/C42H30N4O2/c47-41(43-35-25-37(29-13-5-1-6-14-29)45-38(26-35)30-15-7-2-8-16-30)33-21-23-34(24-22-33)42(48)44-36-27-39(31-17-9-3-10-18-31)46-40(28-36)32-19-11-4-12-20-32/h1-28H,(H,43,45,47)(H,44,46,48). The van der Waals surface area contributed by atoms with Crippen molar-refractivity contribution in [1.29, 1.82) is 0 Å². The van der Waals surface area contributed by atoms with Gasteiger partial charge in [0.2, 0.25) is 0 Å².